The maximum Gasteiger partial charge on any atom is 0.472 e. The summed E-state index contributed by atoms with van der Waals surface area (Å²) in [5.74, 6) is -0.204. The first kappa shape index (κ1) is 31.2. The summed E-state index contributed by atoms with van der Waals surface area (Å²) in [6.07, 6.45) is -10.2. The molecular formula is C22H27N9O13P2. The van der Waals surface area contributed by atoms with Gasteiger partial charge in [-0.25, -0.2) is 19.5 Å². The number of aliphatic hydroxyl groups is 2. The predicted molar refractivity (Wildman–Crippen MR) is 150 cm³/mol. The molecule has 248 valence electrons. The van der Waals surface area contributed by atoms with Crippen LogP contribution in [0.2, 0.25) is 0 Å². The molecule has 22 nitrogen and oxygen atoms in total. The Morgan fingerprint density at radius 1 is 1.00 bits per heavy atom. The van der Waals surface area contributed by atoms with E-state index in [2.05, 4.69) is 24.9 Å². The average Bonchev–Trinajstić information content (AvgIpc) is 3.71. The number of hydrogen-bond donors (Lipinski definition) is 7. The number of aliphatic hydroxyl groups excluding tert-OH is 2. The van der Waals surface area contributed by atoms with Gasteiger partial charge in [-0.3, -0.25) is 32.5 Å². The van der Waals surface area contributed by atoms with E-state index >= 15 is 0 Å². The number of H-pyrrole nitrogens is 1. The van der Waals surface area contributed by atoms with Gasteiger partial charge in [0.2, 0.25) is 5.95 Å². The fourth-order valence-corrected chi connectivity index (χ4v) is 7.57. The number of fused-ring (bicyclic) bond motifs is 5. The smallest absolute Gasteiger partial charge is 0.387 e. The van der Waals surface area contributed by atoms with E-state index in [9.17, 15) is 33.9 Å². The number of phosphoric ester groups is 1. The number of imidazole rings is 1. The van der Waals surface area contributed by atoms with Crippen LogP contribution in [-0.2, 0) is 36.9 Å². The molecule has 4 unspecified atom stereocenters. The first-order valence-corrected chi connectivity index (χ1v) is 16.7. The van der Waals surface area contributed by atoms with E-state index in [4.69, 9.17) is 39.2 Å². The Morgan fingerprint density at radius 2 is 1.78 bits per heavy atom. The largest absolute Gasteiger partial charge is 0.472 e. The highest BCUT2D eigenvalue weighted by molar-refractivity contribution is 7.52. The number of nitrogens with one attached hydrogen (secondary N) is 1. The lowest BCUT2D eigenvalue weighted by molar-refractivity contribution is -0.167. The minimum Gasteiger partial charge on any atom is -0.387 e. The molecule has 7 rings (SSSR count). The van der Waals surface area contributed by atoms with E-state index in [1.54, 1.807) is 6.92 Å². The molecular weight excluding hydrogens is 660 g/mol. The van der Waals surface area contributed by atoms with Crippen molar-refractivity contribution < 1.29 is 56.9 Å². The molecule has 0 aromatic carbocycles. The number of aromatic amines is 1. The van der Waals surface area contributed by atoms with E-state index in [0.29, 0.717) is 5.56 Å². The Kier molecular flexibility index (Phi) is 7.55. The molecule has 10 atom stereocenters. The topological polar surface area (TPSA) is 317 Å². The quantitative estimate of drug-likeness (QED) is 0.119. The molecule has 3 aliphatic heterocycles. The minimum atomic E-state index is -5.08. The zero-order valence-corrected chi connectivity index (χ0v) is 25.2. The third kappa shape index (κ3) is 5.31. The number of hydrogen-bond acceptors (Lipinski definition) is 17. The van der Waals surface area contributed by atoms with Crippen molar-refractivity contribution in [3.05, 3.63) is 34.8 Å². The van der Waals surface area contributed by atoms with Crippen molar-refractivity contribution in [1.29, 1.82) is 0 Å². The molecule has 3 saturated heterocycles. The lowest BCUT2D eigenvalue weighted by atomic mass is 10.1. The number of nitrogen functional groups attached to an aromatic ring is 2. The van der Waals surface area contributed by atoms with Crippen LogP contribution in [0.5, 0.6) is 0 Å². The van der Waals surface area contributed by atoms with Crippen LogP contribution in [0.25, 0.3) is 22.2 Å². The van der Waals surface area contributed by atoms with E-state index in [1.807, 2.05) is 0 Å². The van der Waals surface area contributed by atoms with Crippen LogP contribution in [0.1, 0.15) is 18.0 Å². The molecule has 24 heteroatoms. The summed E-state index contributed by atoms with van der Waals surface area (Å²) < 4.78 is 61.9. The summed E-state index contributed by atoms with van der Waals surface area (Å²) in [7, 11) is -9.91. The van der Waals surface area contributed by atoms with Gasteiger partial charge in [0.1, 0.15) is 36.3 Å². The first-order chi connectivity index (χ1) is 21.7. The zero-order valence-electron chi connectivity index (χ0n) is 23.5. The molecule has 0 saturated carbocycles. The number of rotatable bonds is 2. The Balaban J connectivity index is 1.22. The number of aryl methyl sites for hydroxylation is 1. The van der Waals surface area contributed by atoms with Gasteiger partial charge in [-0.1, -0.05) is 0 Å². The molecule has 3 aliphatic rings. The van der Waals surface area contributed by atoms with Crippen molar-refractivity contribution in [3.8, 4) is 0 Å². The maximum absolute atomic E-state index is 13.4. The average molecular weight is 687 g/mol. The van der Waals surface area contributed by atoms with Crippen LogP contribution in [-0.4, -0.2) is 104 Å². The van der Waals surface area contributed by atoms with Crippen LogP contribution in [0.4, 0.5) is 11.8 Å². The van der Waals surface area contributed by atoms with Gasteiger partial charge in [0, 0.05) is 6.20 Å². The molecule has 2 bridgehead atoms. The van der Waals surface area contributed by atoms with Crippen LogP contribution in [0.3, 0.4) is 0 Å². The van der Waals surface area contributed by atoms with Gasteiger partial charge in [0.05, 0.1) is 18.3 Å². The van der Waals surface area contributed by atoms with Crippen molar-refractivity contribution >= 4 is 49.4 Å². The van der Waals surface area contributed by atoms with Crippen LogP contribution in [0.15, 0.2) is 23.6 Å². The summed E-state index contributed by atoms with van der Waals surface area (Å²) in [6, 6.07) is 0. The number of anilines is 2. The van der Waals surface area contributed by atoms with Gasteiger partial charge < -0.3 is 50.2 Å². The fraction of sp³-hybridized carbons (Fsp3) is 0.500. The summed E-state index contributed by atoms with van der Waals surface area (Å²) in [5.41, 5.74) is 11.7. The molecule has 7 heterocycles. The zero-order chi connectivity index (χ0) is 32.7. The van der Waals surface area contributed by atoms with Crippen molar-refractivity contribution in [1.82, 2.24) is 34.1 Å². The Bertz CT molecular complexity index is 1990. The second kappa shape index (κ2) is 11.1. The monoisotopic (exact) mass is 687 g/mol. The number of ether oxygens (including phenoxy) is 3. The van der Waals surface area contributed by atoms with Gasteiger partial charge in [0.25, 0.3) is 5.56 Å². The lowest BCUT2D eigenvalue weighted by Crippen LogP contribution is -2.35. The van der Waals surface area contributed by atoms with E-state index in [0.717, 1.165) is 6.33 Å². The highest BCUT2D eigenvalue weighted by atomic mass is 31.2. The second-order valence-electron chi connectivity index (χ2n) is 10.7. The number of nitrogens with two attached hydrogens (primary N) is 2. The summed E-state index contributed by atoms with van der Waals surface area (Å²) >= 11 is 0. The second-order valence-corrected chi connectivity index (χ2v) is 13.9. The van der Waals surface area contributed by atoms with Gasteiger partial charge >= 0.3 is 15.4 Å². The van der Waals surface area contributed by atoms with Crippen LogP contribution in [0, 0.1) is 6.92 Å². The number of aromatic nitrogens is 7. The minimum absolute atomic E-state index is 0.00806. The third-order valence-electron chi connectivity index (χ3n) is 7.65. The lowest BCUT2D eigenvalue weighted by Gasteiger charge is -2.26. The maximum atomic E-state index is 13.4. The number of nitrogens with zero attached hydrogens (tertiary/aromatic N) is 6. The van der Waals surface area contributed by atoms with Gasteiger partial charge in [-0.05, 0) is 12.5 Å². The highest BCUT2D eigenvalue weighted by Gasteiger charge is 2.54. The van der Waals surface area contributed by atoms with Crippen molar-refractivity contribution in [2.75, 3.05) is 24.4 Å². The summed E-state index contributed by atoms with van der Waals surface area (Å²) in [6.45, 7) is 0.800. The fourth-order valence-electron chi connectivity index (χ4n) is 5.63. The highest BCUT2D eigenvalue weighted by Crippen LogP contribution is 2.53. The van der Waals surface area contributed by atoms with Crippen molar-refractivity contribution in [2.45, 2.75) is 56.2 Å². The Labute approximate surface area is 255 Å². The van der Waals surface area contributed by atoms with Gasteiger partial charge in [-0.2, -0.15) is 4.98 Å². The Morgan fingerprint density at radius 3 is 2.57 bits per heavy atom. The van der Waals surface area contributed by atoms with Crippen molar-refractivity contribution in [3.63, 3.8) is 0 Å². The molecule has 0 amide bonds. The Hall–Kier alpha value is -3.37. The van der Waals surface area contributed by atoms with Crippen LogP contribution < -0.4 is 17.0 Å². The summed E-state index contributed by atoms with van der Waals surface area (Å²) in [4.78, 5) is 52.6. The van der Waals surface area contributed by atoms with E-state index in [1.165, 1.54) is 21.7 Å². The van der Waals surface area contributed by atoms with Crippen molar-refractivity contribution in [2.24, 2.45) is 0 Å². The molecule has 0 spiro atoms. The summed E-state index contributed by atoms with van der Waals surface area (Å²) in [5, 5.41) is 22.4. The standard InChI is InChI=1S/C22H27N9O13P2/c1-7-2-30(16-9(7)18(34)29-22(24)28-16)20-13-11(32)8(41-20)3-40-46(37,38)44-14-12(33)19(42-21(14)39-6-45(35,36)43-13)31-5-27-10-15(23)25-4-26-17(10)31/h2,4-5,8,11-14,19-21,32-33H,3,6H2,1H3,(H,35,36)(H,37,38)(H2,23,25,26)(H3,24,28,29,34)/t8-,11?,12+,13+,14?,19-,20-,21+/m1/s1. The molecule has 4 aromatic rings. The number of phosphoric acid groups is 1. The molecule has 0 aliphatic carbocycles. The molecule has 4 aromatic heterocycles. The molecule has 46 heavy (non-hydrogen) atoms. The molecule has 0 radical (unpaired) electrons. The van der Waals surface area contributed by atoms with Gasteiger partial charge in [-0.15, -0.1) is 0 Å². The third-order valence-corrected chi connectivity index (χ3v) is 9.69. The predicted octanol–water partition coefficient (Wildman–Crippen LogP) is -1.43. The first-order valence-electron chi connectivity index (χ1n) is 13.5. The molecule has 9 N–H and O–H groups in total. The van der Waals surface area contributed by atoms with Gasteiger partial charge in [0.15, 0.2) is 48.3 Å². The van der Waals surface area contributed by atoms with Crippen LogP contribution >= 0.6 is 15.4 Å². The SMILES string of the molecule is Cc1cn([C@@H]2O[C@@H]3COP(=O)(O)OC4[C@@H](OCP(=O)(O)O[C@H]2C3O)O[C@@H](n2cnc3c(N)ncnc32)[C@H]4O)c2nc(N)[nH]c(=O)c12. The van der Waals surface area contributed by atoms with E-state index in [-0.39, 0.29) is 34.0 Å². The molecule has 3 fully saturated rings. The van der Waals surface area contributed by atoms with E-state index < -0.39 is 83.2 Å². The normalized spacial score (nSPS) is 37.2.